The number of hydrogen-bond donors (Lipinski definition) is 1. The molecule has 3 heteroatoms. The number of furan rings is 1. The molecule has 1 aromatic heterocycles. The van der Waals surface area contributed by atoms with Gasteiger partial charge < -0.3 is 9.73 Å². The van der Waals surface area contributed by atoms with Gasteiger partial charge in [0.15, 0.2) is 0 Å². The first-order valence-electron chi connectivity index (χ1n) is 6.27. The van der Waals surface area contributed by atoms with Gasteiger partial charge in [-0.25, -0.2) is 0 Å². The van der Waals surface area contributed by atoms with Gasteiger partial charge in [-0.05, 0) is 57.6 Å². The summed E-state index contributed by atoms with van der Waals surface area (Å²) in [4.78, 5) is 2.42. The lowest BCUT2D eigenvalue weighted by molar-refractivity contribution is 0.101. The summed E-state index contributed by atoms with van der Waals surface area (Å²) in [7, 11) is 2.20. The lowest BCUT2D eigenvalue weighted by atomic mass is 9.88. The molecule has 0 saturated carbocycles. The maximum absolute atomic E-state index is 5.58. The Labute approximate surface area is 97.8 Å². The second-order valence-electron chi connectivity index (χ2n) is 4.65. The van der Waals surface area contributed by atoms with Crippen LogP contribution in [0.25, 0.3) is 0 Å². The van der Waals surface area contributed by atoms with Crippen molar-refractivity contribution in [1.82, 2.24) is 10.2 Å². The van der Waals surface area contributed by atoms with Crippen LogP contribution >= 0.6 is 0 Å². The van der Waals surface area contributed by atoms with Crippen molar-refractivity contribution >= 4 is 0 Å². The fourth-order valence-corrected chi connectivity index (χ4v) is 2.71. The third-order valence-corrected chi connectivity index (χ3v) is 3.50. The Bertz CT molecular complexity index is 297. The molecule has 2 atom stereocenters. The summed E-state index contributed by atoms with van der Waals surface area (Å²) >= 11 is 0. The Balaban J connectivity index is 2.08. The summed E-state index contributed by atoms with van der Waals surface area (Å²) in [5.41, 5.74) is 0. The average Bonchev–Trinajstić information content (AvgIpc) is 2.79. The molecule has 90 valence electrons. The van der Waals surface area contributed by atoms with E-state index in [1.807, 2.05) is 6.07 Å². The zero-order valence-electron chi connectivity index (χ0n) is 10.3. The molecule has 0 aliphatic carbocycles. The fraction of sp³-hybridized carbons (Fsp3) is 0.692. The Morgan fingerprint density at radius 2 is 2.44 bits per heavy atom. The summed E-state index contributed by atoms with van der Waals surface area (Å²) in [6.45, 7) is 5.47. The molecule has 2 unspecified atom stereocenters. The zero-order chi connectivity index (χ0) is 11.4. The van der Waals surface area contributed by atoms with Gasteiger partial charge in [-0.1, -0.05) is 6.92 Å². The molecule has 0 spiro atoms. The van der Waals surface area contributed by atoms with Gasteiger partial charge in [0, 0.05) is 0 Å². The van der Waals surface area contributed by atoms with E-state index >= 15 is 0 Å². The van der Waals surface area contributed by atoms with Crippen molar-refractivity contribution in [2.24, 2.45) is 5.92 Å². The van der Waals surface area contributed by atoms with Gasteiger partial charge in [0.25, 0.3) is 0 Å². The van der Waals surface area contributed by atoms with E-state index in [4.69, 9.17) is 4.42 Å². The van der Waals surface area contributed by atoms with Crippen LogP contribution in [0.3, 0.4) is 0 Å². The van der Waals surface area contributed by atoms with Crippen molar-refractivity contribution in [2.75, 3.05) is 26.7 Å². The van der Waals surface area contributed by atoms with Gasteiger partial charge in [-0.15, -0.1) is 0 Å². The van der Waals surface area contributed by atoms with Crippen LogP contribution < -0.4 is 5.32 Å². The third kappa shape index (κ3) is 2.47. The van der Waals surface area contributed by atoms with Crippen LogP contribution in [0.15, 0.2) is 22.8 Å². The summed E-state index contributed by atoms with van der Waals surface area (Å²) in [6, 6.07) is 4.54. The summed E-state index contributed by atoms with van der Waals surface area (Å²) < 4.78 is 5.58. The minimum Gasteiger partial charge on any atom is -0.468 e. The molecule has 1 saturated heterocycles. The minimum atomic E-state index is 0.447. The second kappa shape index (κ2) is 5.51. The van der Waals surface area contributed by atoms with Gasteiger partial charge in [0.05, 0.1) is 12.3 Å². The predicted octanol–water partition coefficient (Wildman–Crippen LogP) is 2.27. The highest BCUT2D eigenvalue weighted by Crippen LogP contribution is 2.34. The number of nitrogens with zero attached hydrogens (tertiary/aromatic N) is 1. The highest BCUT2D eigenvalue weighted by atomic mass is 16.3. The van der Waals surface area contributed by atoms with E-state index < -0.39 is 0 Å². The van der Waals surface area contributed by atoms with Crippen LogP contribution in [0.5, 0.6) is 0 Å². The van der Waals surface area contributed by atoms with Crippen LogP contribution in [-0.2, 0) is 0 Å². The molecule has 16 heavy (non-hydrogen) atoms. The number of likely N-dealkylation sites (tertiary alicyclic amines) is 1. The van der Waals surface area contributed by atoms with E-state index in [-0.39, 0.29) is 0 Å². The van der Waals surface area contributed by atoms with Crippen LogP contribution in [-0.4, -0.2) is 31.6 Å². The number of hydrogen-bond acceptors (Lipinski definition) is 3. The Hall–Kier alpha value is -0.800. The molecule has 1 fully saturated rings. The molecule has 2 rings (SSSR count). The lowest BCUT2D eigenvalue weighted by Crippen LogP contribution is -2.40. The summed E-state index contributed by atoms with van der Waals surface area (Å²) in [5, 5.41) is 3.46. The van der Waals surface area contributed by atoms with Gasteiger partial charge in [-0.3, -0.25) is 4.90 Å². The molecule has 0 radical (unpaired) electrons. The van der Waals surface area contributed by atoms with Crippen LogP contribution in [0, 0.1) is 5.92 Å². The van der Waals surface area contributed by atoms with Crippen LogP contribution in [0.4, 0.5) is 0 Å². The Kier molecular flexibility index (Phi) is 4.02. The smallest absolute Gasteiger partial charge is 0.121 e. The third-order valence-electron chi connectivity index (χ3n) is 3.50. The molecular weight excluding hydrogens is 200 g/mol. The van der Waals surface area contributed by atoms with E-state index in [1.165, 1.54) is 19.4 Å². The molecule has 1 N–H and O–H groups in total. The van der Waals surface area contributed by atoms with Gasteiger partial charge in [0.2, 0.25) is 0 Å². The molecule has 0 amide bonds. The minimum absolute atomic E-state index is 0.447. The van der Waals surface area contributed by atoms with Gasteiger partial charge in [0.1, 0.15) is 5.76 Å². The Morgan fingerprint density at radius 1 is 1.56 bits per heavy atom. The molecule has 1 aliphatic rings. The molecule has 1 aliphatic heterocycles. The first kappa shape index (κ1) is 11.7. The highest BCUT2D eigenvalue weighted by molar-refractivity contribution is 5.07. The maximum atomic E-state index is 5.58. The largest absolute Gasteiger partial charge is 0.468 e. The monoisotopic (exact) mass is 222 g/mol. The first-order valence-corrected chi connectivity index (χ1v) is 6.27. The lowest BCUT2D eigenvalue weighted by Gasteiger charge is -2.38. The van der Waals surface area contributed by atoms with Crippen molar-refractivity contribution in [3.8, 4) is 0 Å². The Morgan fingerprint density at radius 3 is 3.12 bits per heavy atom. The predicted molar refractivity (Wildman–Crippen MR) is 65.3 cm³/mol. The van der Waals surface area contributed by atoms with E-state index in [9.17, 15) is 0 Å². The average molecular weight is 222 g/mol. The molecule has 0 bridgehead atoms. The topological polar surface area (TPSA) is 28.4 Å². The molecule has 0 aromatic carbocycles. The zero-order valence-corrected chi connectivity index (χ0v) is 10.3. The van der Waals surface area contributed by atoms with E-state index in [0.717, 1.165) is 18.8 Å². The second-order valence-corrected chi connectivity index (χ2v) is 4.65. The van der Waals surface area contributed by atoms with E-state index in [2.05, 4.69) is 30.3 Å². The molecular formula is C13H22N2O. The highest BCUT2D eigenvalue weighted by Gasteiger charge is 2.31. The van der Waals surface area contributed by atoms with Crippen molar-refractivity contribution < 1.29 is 4.42 Å². The SMILES string of the molecule is CCNCC1CCCN(C)C1c1ccco1. The van der Waals surface area contributed by atoms with E-state index in [0.29, 0.717) is 12.0 Å². The van der Waals surface area contributed by atoms with Crippen LogP contribution in [0.2, 0.25) is 0 Å². The van der Waals surface area contributed by atoms with Gasteiger partial charge >= 0.3 is 0 Å². The fourth-order valence-electron chi connectivity index (χ4n) is 2.71. The first-order chi connectivity index (χ1) is 7.83. The quantitative estimate of drug-likeness (QED) is 0.847. The van der Waals surface area contributed by atoms with Crippen molar-refractivity contribution in [3.05, 3.63) is 24.2 Å². The standard InChI is InChI=1S/C13H22N2O/c1-3-14-10-11-6-4-8-15(2)13(11)12-7-5-9-16-12/h5,7,9,11,13-14H,3-4,6,8,10H2,1-2H3. The van der Waals surface area contributed by atoms with Crippen molar-refractivity contribution in [2.45, 2.75) is 25.8 Å². The number of piperidine rings is 1. The molecule has 1 aromatic rings. The normalized spacial score (nSPS) is 27.1. The van der Waals surface area contributed by atoms with E-state index in [1.54, 1.807) is 6.26 Å². The summed E-state index contributed by atoms with van der Waals surface area (Å²) in [6.07, 6.45) is 4.37. The molecule has 3 nitrogen and oxygen atoms in total. The number of rotatable bonds is 4. The maximum Gasteiger partial charge on any atom is 0.121 e. The molecule has 2 heterocycles. The van der Waals surface area contributed by atoms with Crippen molar-refractivity contribution in [1.29, 1.82) is 0 Å². The number of nitrogens with one attached hydrogen (secondary N) is 1. The van der Waals surface area contributed by atoms with Crippen LogP contribution in [0.1, 0.15) is 31.6 Å². The summed E-state index contributed by atoms with van der Waals surface area (Å²) in [5.74, 6) is 1.79. The van der Waals surface area contributed by atoms with Crippen molar-refractivity contribution in [3.63, 3.8) is 0 Å². The van der Waals surface area contributed by atoms with Gasteiger partial charge in [-0.2, -0.15) is 0 Å².